The highest BCUT2D eigenvalue weighted by molar-refractivity contribution is 6.31. The summed E-state index contributed by atoms with van der Waals surface area (Å²) in [6.45, 7) is 0.655. The van der Waals surface area contributed by atoms with E-state index < -0.39 is 5.60 Å². The average molecular weight is 313 g/mol. The minimum absolute atomic E-state index is 0.143. The maximum Gasteiger partial charge on any atom is 0.232 e. The first-order valence-electron chi connectivity index (χ1n) is 7.31. The van der Waals surface area contributed by atoms with Crippen LogP contribution in [0.15, 0.2) is 18.3 Å². The molecule has 0 atom stereocenters. The number of nitrogens with one attached hydrogen (secondary N) is 1. The molecule has 1 aromatic rings. The standard InChI is InChI=1S/C15H21ClN2O3/c16-12-5-4-8-18-14(12)21-10-9-17-13(19)11-15(20)6-2-1-3-7-15/h4-5,8,20H,1-3,6-7,9-11H2,(H,17,19). The molecule has 0 radical (unpaired) electrons. The Balaban J connectivity index is 1.66. The lowest BCUT2D eigenvalue weighted by atomic mass is 9.82. The van der Waals surface area contributed by atoms with E-state index in [-0.39, 0.29) is 12.3 Å². The molecular weight excluding hydrogens is 292 g/mol. The summed E-state index contributed by atoms with van der Waals surface area (Å²) in [6, 6.07) is 3.42. The van der Waals surface area contributed by atoms with Crippen molar-refractivity contribution in [2.75, 3.05) is 13.2 Å². The molecule has 0 unspecified atom stereocenters. The van der Waals surface area contributed by atoms with Crippen molar-refractivity contribution in [3.05, 3.63) is 23.4 Å². The zero-order valence-corrected chi connectivity index (χ0v) is 12.7. The van der Waals surface area contributed by atoms with Crippen LogP contribution in [0.5, 0.6) is 5.88 Å². The van der Waals surface area contributed by atoms with E-state index in [1.54, 1.807) is 18.3 Å². The molecule has 1 aliphatic carbocycles. The fraction of sp³-hybridized carbons (Fsp3) is 0.600. The molecule has 116 valence electrons. The molecule has 0 aliphatic heterocycles. The van der Waals surface area contributed by atoms with Crippen molar-refractivity contribution < 1.29 is 14.6 Å². The van der Waals surface area contributed by atoms with Crippen LogP contribution in [0.1, 0.15) is 38.5 Å². The number of hydrogen-bond acceptors (Lipinski definition) is 4. The molecule has 1 aliphatic rings. The summed E-state index contributed by atoms with van der Waals surface area (Å²) in [7, 11) is 0. The fourth-order valence-electron chi connectivity index (χ4n) is 2.56. The Labute approximate surface area is 129 Å². The summed E-state index contributed by atoms with van der Waals surface area (Å²) >= 11 is 5.90. The van der Waals surface area contributed by atoms with Gasteiger partial charge in [-0.3, -0.25) is 4.79 Å². The normalized spacial score (nSPS) is 17.2. The predicted octanol–water partition coefficient (Wildman–Crippen LogP) is 2.32. The van der Waals surface area contributed by atoms with E-state index >= 15 is 0 Å². The molecular formula is C15H21ClN2O3. The van der Waals surface area contributed by atoms with Crippen LogP contribution in [0, 0.1) is 0 Å². The van der Waals surface area contributed by atoms with E-state index in [2.05, 4.69) is 10.3 Å². The van der Waals surface area contributed by atoms with Gasteiger partial charge in [0.2, 0.25) is 11.8 Å². The molecule has 6 heteroatoms. The Kier molecular flexibility index (Phi) is 5.82. The Morgan fingerprint density at radius 1 is 1.43 bits per heavy atom. The number of amides is 1. The van der Waals surface area contributed by atoms with E-state index in [0.717, 1.165) is 19.3 Å². The Morgan fingerprint density at radius 2 is 2.19 bits per heavy atom. The molecule has 2 rings (SSSR count). The fourth-order valence-corrected chi connectivity index (χ4v) is 2.74. The first kappa shape index (κ1) is 16.0. The first-order chi connectivity index (χ1) is 10.1. The highest BCUT2D eigenvalue weighted by Crippen LogP contribution is 2.30. The number of hydrogen-bond donors (Lipinski definition) is 2. The first-order valence-corrected chi connectivity index (χ1v) is 7.69. The smallest absolute Gasteiger partial charge is 0.232 e. The second kappa shape index (κ2) is 7.61. The SMILES string of the molecule is O=C(CC1(O)CCCCC1)NCCOc1ncccc1Cl. The van der Waals surface area contributed by atoms with Crippen molar-refractivity contribution >= 4 is 17.5 Å². The number of aliphatic hydroxyl groups is 1. The molecule has 1 heterocycles. The van der Waals surface area contributed by atoms with Crippen LogP contribution in [0.25, 0.3) is 0 Å². The van der Waals surface area contributed by atoms with Crippen molar-refractivity contribution in [2.45, 2.75) is 44.1 Å². The summed E-state index contributed by atoms with van der Waals surface area (Å²) in [6.07, 6.45) is 6.30. The van der Waals surface area contributed by atoms with Crippen LogP contribution in [0.2, 0.25) is 5.02 Å². The van der Waals surface area contributed by atoms with Crippen LogP contribution in [0.3, 0.4) is 0 Å². The van der Waals surface area contributed by atoms with Crippen molar-refractivity contribution in [3.63, 3.8) is 0 Å². The van der Waals surface area contributed by atoms with Gasteiger partial charge in [-0.1, -0.05) is 30.9 Å². The molecule has 21 heavy (non-hydrogen) atoms. The highest BCUT2D eigenvalue weighted by Gasteiger charge is 2.31. The third-order valence-corrected chi connectivity index (χ3v) is 3.95. The number of carbonyl (C=O) groups is 1. The third-order valence-electron chi connectivity index (χ3n) is 3.66. The van der Waals surface area contributed by atoms with Gasteiger partial charge in [0.15, 0.2) is 0 Å². The molecule has 1 amide bonds. The zero-order chi connectivity index (χ0) is 15.1. The van der Waals surface area contributed by atoms with E-state index in [1.807, 2.05) is 0 Å². The minimum Gasteiger partial charge on any atom is -0.475 e. The zero-order valence-electron chi connectivity index (χ0n) is 12.0. The highest BCUT2D eigenvalue weighted by atomic mass is 35.5. The van der Waals surface area contributed by atoms with Gasteiger partial charge in [0.25, 0.3) is 0 Å². The Hall–Kier alpha value is -1.33. The van der Waals surface area contributed by atoms with Crippen molar-refractivity contribution in [3.8, 4) is 5.88 Å². The molecule has 0 aromatic carbocycles. The summed E-state index contributed by atoms with van der Waals surface area (Å²) in [5.74, 6) is 0.217. The van der Waals surface area contributed by atoms with Gasteiger partial charge >= 0.3 is 0 Å². The largest absolute Gasteiger partial charge is 0.475 e. The summed E-state index contributed by atoms with van der Waals surface area (Å²) in [5, 5.41) is 13.5. The van der Waals surface area contributed by atoms with Crippen LogP contribution >= 0.6 is 11.6 Å². The topological polar surface area (TPSA) is 71.5 Å². The van der Waals surface area contributed by atoms with Crippen LogP contribution in [0.4, 0.5) is 0 Å². The van der Waals surface area contributed by atoms with Crippen molar-refractivity contribution in [1.82, 2.24) is 10.3 Å². The van der Waals surface area contributed by atoms with Crippen LogP contribution in [-0.4, -0.2) is 34.8 Å². The van der Waals surface area contributed by atoms with Gasteiger partial charge in [0, 0.05) is 6.20 Å². The Morgan fingerprint density at radius 3 is 2.90 bits per heavy atom. The van der Waals surface area contributed by atoms with E-state index in [0.29, 0.717) is 36.9 Å². The molecule has 1 fully saturated rings. The lowest BCUT2D eigenvalue weighted by Crippen LogP contribution is -2.39. The van der Waals surface area contributed by atoms with E-state index in [9.17, 15) is 9.90 Å². The number of carbonyl (C=O) groups excluding carboxylic acids is 1. The second-order valence-corrected chi connectivity index (χ2v) is 5.86. The molecule has 1 aromatic heterocycles. The lowest BCUT2D eigenvalue weighted by Gasteiger charge is -2.31. The Bertz CT molecular complexity index is 476. The number of halogens is 1. The van der Waals surface area contributed by atoms with Gasteiger partial charge in [-0.25, -0.2) is 4.98 Å². The molecule has 0 saturated heterocycles. The van der Waals surface area contributed by atoms with Crippen LogP contribution < -0.4 is 10.1 Å². The summed E-state index contributed by atoms with van der Waals surface area (Å²) in [5.41, 5.74) is -0.826. The maximum absolute atomic E-state index is 11.8. The quantitative estimate of drug-likeness (QED) is 0.791. The van der Waals surface area contributed by atoms with Gasteiger partial charge in [0.1, 0.15) is 11.6 Å². The average Bonchev–Trinajstić information content (AvgIpc) is 2.45. The molecule has 0 bridgehead atoms. The van der Waals surface area contributed by atoms with Crippen LogP contribution in [-0.2, 0) is 4.79 Å². The number of nitrogens with zero attached hydrogens (tertiary/aromatic N) is 1. The lowest BCUT2D eigenvalue weighted by molar-refractivity contribution is -0.127. The van der Waals surface area contributed by atoms with Gasteiger partial charge in [-0.15, -0.1) is 0 Å². The van der Waals surface area contributed by atoms with Gasteiger partial charge < -0.3 is 15.2 Å². The van der Waals surface area contributed by atoms with Gasteiger partial charge in [-0.05, 0) is 25.0 Å². The molecule has 5 nitrogen and oxygen atoms in total. The van der Waals surface area contributed by atoms with E-state index in [1.165, 1.54) is 0 Å². The second-order valence-electron chi connectivity index (χ2n) is 5.45. The maximum atomic E-state index is 11.8. The molecule has 1 saturated carbocycles. The van der Waals surface area contributed by atoms with Crippen molar-refractivity contribution in [2.24, 2.45) is 0 Å². The third kappa shape index (κ3) is 5.17. The molecule has 0 spiro atoms. The number of aromatic nitrogens is 1. The number of ether oxygens (including phenoxy) is 1. The minimum atomic E-state index is -0.826. The van der Waals surface area contributed by atoms with Gasteiger partial charge in [0.05, 0.1) is 18.6 Å². The van der Waals surface area contributed by atoms with E-state index in [4.69, 9.17) is 16.3 Å². The number of rotatable bonds is 6. The monoisotopic (exact) mass is 312 g/mol. The molecule has 2 N–H and O–H groups in total. The predicted molar refractivity (Wildman–Crippen MR) is 80.4 cm³/mol. The summed E-state index contributed by atoms with van der Waals surface area (Å²) < 4.78 is 5.38. The summed E-state index contributed by atoms with van der Waals surface area (Å²) in [4.78, 5) is 15.8. The van der Waals surface area contributed by atoms with Crippen molar-refractivity contribution in [1.29, 1.82) is 0 Å². The number of pyridine rings is 1. The van der Waals surface area contributed by atoms with Gasteiger partial charge in [-0.2, -0.15) is 0 Å².